The fourth-order valence-electron chi connectivity index (χ4n) is 2.99. The number of nitrogens with one attached hydrogen (secondary N) is 1. The highest BCUT2D eigenvalue weighted by Gasteiger charge is 2.24. The molecule has 0 spiro atoms. The van der Waals surface area contributed by atoms with E-state index in [4.69, 9.17) is 0 Å². The summed E-state index contributed by atoms with van der Waals surface area (Å²) in [4.78, 5) is 14.2. The summed E-state index contributed by atoms with van der Waals surface area (Å²) in [6.07, 6.45) is 6.94. The highest BCUT2D eigenvalue weighted by molar-refractivity contribution is 5.79. The molecule has 0 atom stereocenters. The Balaban J connectivity index is 1.44. The monoisotopic (exact) mass is 272 g/mol. The standard InChI is InChI=1S/C17H24N2O/c20-17(15-4-3-5-15)18-11-10-14-6-8-16(9-7-14)19-12-1-2-13-19/h6-9,15H,1-5,10-13H2,(H,18,20). The predicted molar refractivity (Wildman–Crippen MR) is 81.9 cm³/mol. The lowest BCUT2D eigenvalue weighted by Gasteiger charge is -2.24. The molecular formula is C17H24N2O. The van der Waals surface area contributed by atoms with Gasteiger partial charge in [0, 0.05) is 31.2 Å². The number of carbonyl (C=O) groups excluding carboxylic acids is 1. The van der Waals surface area contributed by atoms with Crippen LogP contribution in [0.2, 0.25) is 0 Å². The molecule has 2 aliphatic rings. The van der Waals surface area contributed by atoms with Crippen LogP contribution in [0.25, 0.3) is 0 Å². The Hall–Kier alpha value is -1.51. The molecule has 1 saturated heterocycles. The van der Waals surface area contributed by atoms with Crippen molar-refractivity contribution in [2.45, 2.75) is 38.5 Å². The molecule has 1 aliphatic carbocycles. The van der Waals surface area contributed by atoms with Crippen molar-refractivity contribution in [2.24, 2.45) is 5.92 Å². The van der Waals surface area contributed by atoms with Gasteiger partial charge in [0.15, 0.2) is 0 Å². The van der Waals surface area contributed by atoms with Crippen LogP contribution in [0.3, 0.4) is 0 Å². The number of anilines is 1. The highest BCUT2D eigenvalue weighted by Crippen LogP contribution is 2.26. The van der Waals surface area contributed by atoms with Crippen molar-refractivity contribution in [3.63, 3.8) is 0 Å². The molecule has 3 heteroatoms. The maximum Gasteiger partial charge on any atom is 0.223 e. The molecule has 3 nitrogen and oxygen atoms in total. The topological polar surface area (TPSA) is 32.3 Å². The first-order chi connectivity index (χ1) is 9.83. The van der Waals surface area contributed by atoms with Gasteiger partial charge in [0.05, 0.1) is 0 Å². The van der Waals surface area contributed by atoms with Crippen LogP contribution < -0.4 is 10.2 Å². The number of carbonyl (C=O) groups is 1. The van der Waals surface area contributed by atoms with Gasteiger partial charge in [-0.2, -0.15) is 0 Å². The highest BCUT2D eigenvalue weighted by atomic mass is 16.1. The van der Waals surface area contributed by atoms with Gasteiger partial charge in [0.1, 0.15) is 0 Å². The summed E-state index contributed by atoms with van der Waals surface area (Å²) < 4.78 is 0. The second kappa shape index (κ2) is 6.29. The molecule has 1 aromatic rings. The van der Waals surface area contributed by atoms with Gasteiger partial charge < -0.3 is 10.2 Å². The third-order valence-corrected chi connectivity index (χ3v) is 4.60. The van der Waals surface area contributed by atoms with Gasteiger partial charge in [-0.3, -0.25) is 4.79 Å². The molecule has 1 N–H and O–H groups in total. The van der Waals surface area contributed by atoms with Crippen molar-refractivity contribution < 1.29 is 4.79 Å². The Bertz CT molecular complexity index is 445. The van der Waals surface area contributed by atoms with Crippen molar-refractivity contribution >= 4 is 11.6 Å². The average molecular weight is 272 g/mol. The van der Waals surface area contributed by atoms with Gasteiger partial charge in [-0.25, -0.2) is 0 Å². The lowest BCUT2D eigenvalue weighted by molar-refractivity contribution is -0.127. The second-order valence-corrected chi connectivity index (χ2v) is 6.03. The maximum absolute atomic E-state index is 11.7. The van der Waals surface area contributed by atoms with E-state index in [0.29, 0.717) is 5.92 Å². The summed E-state index contributed by atoms with van der Waals surface area (Å²) in [7, 11) is 0. The molecule has 1 amide bonds. The number of rotatable bonds is 5. The van der Waals surface area contributed by atoms with Crippen LogP contribution >= 0.6 is 0 Å². The smallest absolute Gasteiger partial charge is 0.223 e. The summed E-state index contributed by atoms with van der Waals surface area (Å²) in [6, 6.07) is 8.83. The van der Waals surface area contributed by atoms with Gasteiger partial charge in [-0.05, 0) is 49.8 Å². The zero-order chi connectivity index (χ0) is 13.8. The maximum atomic E-state index is 11.7. The van der Waals surface area contributed by atoms with Crippen LogP contribution in [-0.2, 0) is 11.2 Å². The molecule has 1 heterocycles. The molecule has 0 unspecified atom stereocenters. The number of hydrogen-bond acceptors (Lipinski definition) is 2. The number of amides is 1. The first kappa shape index (κ1) is 13.5. The summed E-state index contributed by atoms with van der Waals surface area (Å²) in [5.74, 6) is 0.553. The second-order valence-electron chi connectivity index (χ2n) is 6.03. The van der Waals surface area contributed by atoms with Crippen LogP contribution in [-0.4, -0.2) is 25.5 Å². The normalized spacial score (nSPS) is 18.9. The van der Waals surface area contributed by atoms with Gasteiger partial charge in [-0.15, -0.1) is 0 Å². The lowest BCUT2D eigenvalue weighted by Crippen LogP contribution is -2.35. The van der Waals surface area contributed by atoms with Crippen LogP contribution in [0.4, 0.5) is 5.69 Å². The van der Waals surface area contributed by atoms with Gasteiger partial charge >= 0.3 is 0 Å². The minimum atomic E-state index is 0.255. The predicted octanol–water partition coefficient (Wildman–Crippen LogP) is 2.75. The van der Waals surface area contributed by atoms with Crippen LogP contribution in [0.1, 0.15) is 37.7 Å². The Morgan fingerprint density at radius 2 is 1.80 bits per heavy atom. The zero-order valence-corrected chi connectivity index (χ0v) is 12.1. The summed E-state index contributed by atoms with van der Waals surface area (Å²) >= 11 is 0. The molecule has 1 aromatic carbocycles. The van der Waals surface area contributed by atoms with Crippen molar-refractivity contribution in [1.82, 2.24) is 5.32 Å². The lowest BCUT2D eigenvalue weighted by atomic mass is 9.85. The van der Waals surface area contributed by atoms with Crippen LogP contribution in [0, 0.1) is 5.92 Å². The van der Waals surface area contributed by atoms with Crippen molar-refractivity contribution in [2.75, 3.05) is 24.5 Å². The summed E-state index contributed by atoms with van der Waals surface area (Å²) in [5.41, 5.74) is 2.65. The number of hydrogen-bond donors (Lipinski definition) is 1. The van der Waals surface area contributed by atoms with Crippen molar-refractivity contribution in [3.05, 3.63) is 29.8 Å². The van der Waals surface area contributed by atoms with E-state index < -0.39 is 0 Å². The Kier molecular flexibility index (Phi) is 4.24. The van der Waals surface area contributed by atoms with E-state index in [2.05, 4.69) is 34.5 Å². The van der Waals surface area contributed by atoms with Gasteiger partial charge in [-0.1, -0.05) is 18.6 Å². The first-order valence-electron chi connectivity index (χ1n) is 7.94. The molecule has 1 aliphatic heterocycles. The molecular weight excluding hydrogens is 248 g/mol. The largest absolute Gasteiger partial charge is 0.372 e. The van der Waals surface area contributed by atoms with E-state index in [0.717, 1.165) is 25.8 Å². The van der Waals surface area contributed by atoms with Crippen LogP contribution in [0.5, 0.6) is 0 Å². The molecule has 20 heavy (non-hydrogen) atoms. The Morgan fingerprint density at radius 3 is 2.40 bits per heavy atom. The quantitative estimate of drug-likeness (QED) is 0.894. The third-order valence-electron chi connectivity index (χ3n) is 4.60. The minimum absolute atomic E-state index is 0.255. The molecule has 2 fully saturated rings. The first-order valence-corrected chi connectivity index (χ1v) is 7.94. The number of benzene rings is 1. The Labute approximate surface area is 121 Å². The van der Waals surface area contributed by atoms with Gasteiger partial charge in [0.25, 0.3) is 0 Å². The molecule has 1 saturated carbocycles. The molecule has 0 aromatic heterocycles. The van der Waals surface area contributed by atoms with E-state index in [1.165, 1.54) is 43.6 Å². The summed E-state index contributed by atoms with van der Waals surface area (Å²) in [5, 5.41) is 3.05. The Morgan fingerprint density at radius 1 is 1.10 bits per heavy atom. The van der Waals surface area contributed by atoms with Gasteiger partial charge in [0.2, 0.25) is 5.91 Å². The van der Waals surface area contributed by atoms with E-state index in [9.17, 15) is 4.79 Å². The molecule has 108 valence electrons. The van der Waals surface area contributed by atoms with E-state index >= 15 is 0 Å². The minimum Gasteiger partial charge on any atom is -0.372 e. The average Bonchev–Trinajstić information content (AvgIpc) is 2.91. The van der Waals surface area contributed by atoms with Crippen molar-refractivity contribution in [1.29, 1.82) is 0 Å². The fraction of sp³-hybridized carbons (Fsp3) is 0.588. The molecule has 0 radical (unpaired) electrons. The van der Waals surface area contributed by atoms with E-state index in [1.54, 1.807) is 0 Å². The zero-order valence-electron chi connectivity index (χ0n) is 12.1. The van der Waals surface area contributed by atoms with Crippen molar-refractivity contribution in [3.8, 4) is 0 Å². The third kappa shape index (κ3) is 3.14. The fourth-order valence-corrected chi connectivity index (χ4v) is 2.99. The number of nitrogens with zero attached hydrogens (tertiary/aromatic N) is 1. The molecule has 3 rings (SSSR count). The van der Waals surface area contributed by atoms with Crippen LogP contribution in [0.15, 0.2) is 24.3 Å². The molecule has 0 bridgehead atoms. The SMILES string of the molecule is O=C(NCCc1ccc(N2CCCC2)cc1)C1CCC1. The van der Waals surface area contributed by atoms with E-state index in [1.807, 2.05) is 0 Å². The summed E-state index contributed by atoms with van der Waals surface area (Å²) in [6.45, 7) is 3.14. The van der Waals surface area contributed by atoms with E-state index in [-0.39, 0.29) is 5.91 Å².